The van der Waals surface area contributed by atoms with Crippen molar-refractivity contribution >= 4 is 35.9 Å². The summed E-state index contributed by atoms with van der Waals surface area (Å²) in [6, 6.07) is 3.89. The van der Waals surface area contributed by atoms with E-state index in [9.17, 15) is 13.2 Å². The molecule has 8 heteroatoms. The largest absolute Gasteiger partial charge is 0.488 e. The quantitative estimate of drug-likeness (QED) is 0.648. The fourth-order valence-corrected chi connectivity index (χ4v) is 1.98. The van der Waals surface area contributed by atoms with Crippen molar-refractivity contribution < 1.29 is 23.2 Å². The minimum atomic E-state index is -4.29. The third-order valence-corrected chi connectivity index (χ3v) is 3.21. The highest BCUT2D eigenvalue weighted by Gasteiger charge is 2.27. The van der Waals surface area contributed by atoms with E-state index in [1.807, 2.05) is 0 Å². The van der Waals surface area contributed by atoms with Crippen LogP contribution in [0.3, 0.4) is 0 Å². The first-order valence-electron chi connectivity index (χ1n) is 4.15. The zero-order valence-corrected chi connectivity index (χ0v) is 9.40. The molecule has 0 saturated heterocycles. The van der Waals surface area contributed by atoms with Crippen LogP contribution in [0.1, 0.15) is 0 Å². The maximum Gasteiger partial charge on any atom is 0.488 e. The Kier molecular flexibility index (Phi) is 4.55. The summed E-state index contributed by atoms with van der Waals surface area (Å²) in [5.41, 5.74) is 0.106. The van der Waals surface area contributed by atoms with E-state index in [0.717, 1.165) is 0 Å². The third-order valence-electron chi connectivity index (χ3n) is 1.64. The summed E-state index contributed by atoms with van der Waals surface area (Å²) in [7, 11) is -1.72. The molecule has 1 rings (SSSR count). The fraction of sp³-hybridized carbons (Fsp3) is 0.250. The lowest BCUT2D eigenvalue weighted by atomic mass is 9.80. The Hall–Kier alpha value is -0.365. The Morgan fingerprint density at radius 2 is 1.94 bits per heavy atom. The van der Waals surface area contributed by atoms with Crippen molar-refractivity contribution in [3.05, 3.63) is 23.2 Å². The minimum Gasteiger partial charge on any atom is -0.423 e. The van der Waals surface area contributed by atoms with Crippen LogP contribution in [0.5, 0.6) is 0 Å². The highest BCUT2D eigenvalue weighted by atomic mass is 35.5. The zero-order valence-electron chi connectivity index (χ0n) is 7.83. The van der Waals surface area contributed by atoms with Gasteiger partial charge in [0.05, 0.1) is 10.8 Å². The number of rotatable bonds is 3. The molecule has 0 saturated carbocycles. The SMILES string of the molecule is OB(O)c1ccc(Cl)c(SCC(F)(F)F)c1. The molecule has 88 valence electrons. The first-order chi connectivity index (χ1) is 7.29. The number of halogens is 4. The molecular weight excluding hydrogens is 263 g/mol. The number of benzene rings is 1. The molecular formula is C8H7BClF3O2S. The Morgan fingerprint density at radius 3 is 2.44 bits per heavy atom. The summed E-state index contributed by atoms with van der Waals surface area (Å²) in [5, 5.41) is 17.8. The molecule has 0 heterocycles. The monoisotopic (exact) mass is 270 g/mol. The molecule has 0 aliphatic rings. The Morgan fingerprint density at radius 1 is 1.31 bits per heavy atom. The standard InChI is InChI=1S/C8H7BClF3O2S/c10-6-2-1-5(9(14)15)3-7(6)16-4-8(11,12)13/h1-3,14-15H,4H2. The van der Waals surface area contributed by atoms with E-state index in [1.54, 1.807) is 0 Å². The van der Waals surface area contributed by atoms with Crippen LogP contribution < -0.4 is 5.46 Å². The van der Waals surface area contributed by atoms with Gasteiger partial charge in [-0.1, -0.05) is 17.7 Å². The molecule has 0 amide bonds. The topological polar surface area (TPSA) is 40.5 Å². The smallest absolute Gasteiger partial charge is 0.423 e. The van der Waals surface area contributed by atoms with Gasteiger partial charge >= 0.3 is 13.3 Å². The van der Waals surface area contributed by atoms with Gasteiger partial charge in [0.15, 0.2) is 0 Å². The van der Waals surface area contributed by atoms with Crippen LogP contribution >= 0.6 is 23.4 Å². The van der Waals surface area contributed by atoms with E-state index in [1.165, 1.54) is 18.2 Å². The molecule has 16 heavy (non-hydrogen) atoms. The van der Waals surface area contributed by atoms with Crippen LogP contribution in [0, 0.1) is 0 Å². The summed E-state index contributed by atoms with van der Waals surface area (Å²) in [6.07, 6.45) is -4.29. The lowest BCUT2D eigenvalue weighted by Crippen LogP contribution is -2.29. The molecule has 0 fully saturated rings. The minimum absolute atomic E-state index is 0.106. The molecule has 0 radical (unpaired) electrons. The first kappa shape index (κ1) is 13.7. The van der Waals surface area contributed by atoms with E-state index in [-0.39, 0.29) is 15.4 Å². The Balaban J connectivity index is 2.82. The van der Waals surface area contributed by atoms with Gasteiger partial charge in [-0.25, -0.2) is 0 Å². The third kappa shape index (κ3) is 4.25. The van der Waals surface area contributed by atoms with Crippen molar-refractivity contribution in [1.82, 2.24) is 0 Å². The highest BCUT2D eigenvalue weighted by molar-refractivity contribution is 7.99. The highest BCUT2D eigenvalue weighted by Crippen LogP contribution is 2.31. The number of hydrogen-bond acceptors (Lipinski definition) is 3. The van der Waals surface area contributed by atoms with Gasteiger partial charge < -0.3 is 10.0 Å². The van der Waals surface area contributed by atoms with E-state index in [4.69, 9.17) is 21.6 Å². The van der Waals surface area contributed by atoms with Gasteiger partial charge in [-0.05, 0) is 17.6 Å². The molecule has 0 atom stereocenters. The van der Waals surface area contributed by atoms with Crippen molar-refractivity contribution in [2.24, 2.45) is 0 Å². The van der Waals surface area contributed by atoms with Gasteiger partial charge in [-0.3, -0.25) is 0 Å². The second-order valence-electron chi connectivity index (χ2n) is 2.97. The fourth-order valence-electron chi connectivity index (χ4n) is 0.951. The summed E-state index contributed by atoms with van der Waals surface area (Å²) in [5.74, 6) is -1.07. The average Bonchev–Trinajstić information content (AvgIpc) is 2.14. The second kappa shape index (κ2) is 5.31. The number of alkyl halides is 3. The van der Waals surface area contributed by atoms with Gasteiger partial charge in [-0.15, -0.1) is 11.8 Å². The van der Waals surface area contributed by atoms with E-state index in [2.05, 4.69) is 0 Å². The van der Waals surface area contributed by atoms with Crippen LogP contribution in [0.25, 0.3) is 0 Å². The van der Waals surface area contributed by atoms with Crippen molar-refractivity contribution in [2.75, 3.05) is 5.75 Å². The predicted octanol–water partition coefficient (Wildman–Crippen LogP) is 1.67. The molecule has 0 unspecified atom stereocenters. The lowest BCUT2D eigenvalue weighted by molar-refractivity contribution is -0.105. The molecule has 1 aromatic carbocycles. The average molecular weight is 270 g/mol. The Bertz CT molecular complexity index is 373. The normalized spacial score (nSPS) is 11.6. The van der Waals surface area contributed by atoms with Crippen LogP contribution in [0.2, 0.25) is 5.02 Å². The molecule has 0 aromatic heterocycles. The maximum absolute atomic E-state index is 12.0. The second-order valence-corrected chi connectivity index (χ2v) is 4.39. The molecule has 0 spiro atoms. The van der Waals surface area contributed by atoms with Gasteiger partial charge in [0, 0.05) is 4.90 Å². The number of hydrogen-bond donors (Lipinski definition) is 2. The molecule has 0 bridgehead atoms. The van der Waals surface area contributed by atoms with Crippen molar-refractivity contribution in [2.45, 2.75) is 11.1 Å². The maximum atomic E-state index is 12.0. The summed E-state index contributed by atoms with van der Waals surface area (Å²) in [4.78, 5) is 0.171. The predicted molar refractivity (Wildman–Crippen MR) is 58.1 cm³/mol. The van der Waals surface area contributed by atoms with Gasteiger partial charge in [-0.2, -0.15) is 13.2 Å². The van der Waals surface area contributed by atoms with Crippen molar-refractivity contribution in [3.63, 3.8) is 0 Å². The van der Waals surface area contributed by atoms with Crippen molar-refractivity contribution in [3.8, 4) is 0 Å². The van der Waals surface area contributed by atoms with Gasteiger partial charge in [0.2, 0.25) is 0 Å². The van der Waals surface area contributed by atoms with Crippen LogP contribution in [0.4, 0.5) is 13.2 Å². The molecule has 0 aliphatic heterocycles. The summed E-state index contributed by atoms with van der Waals surface area (Å²) < 4.78 is 35.9. The summed E-state index contributed by atoms with van der Waals surface area (Å²) >= 11 is 6.18. The van der Waals surface area contributed by atoms with Gasteiger partial charge in [0.1, 0.15) is 0 Å². The van der Waals surface area contributed by atoms with Crippen LogP contribution in [-0.2, 0) is 0 Å². The molecule has 1 aromatic rings. The first-order valence-corrected chi connectivity index (χ1v) is 5.51. The lowest BCUT2D eigenvalue weighted by Gasteiger charge is -2.08. The molecule has 2 N–H and O–H groups in total. The van der Waals surface area contributed by atoms with E-state index >= 15 is 0 Å². The molecule has 2 nitrogen and oxygen atoms in total. The Labute approximate surface area is 99.6 Å². The van der Waals surface area contributed by atoms with Crippen LogP contribution in [0.15, 0.2) is 23.1 Å². The molecule has 0 aliphatic carbocycles. The zero-order chi connectivity index (χ0) is 12.3. The van der Waals surface area contributed by atoms with Gasteiger partial charge in [0.25, 0.3) is 0 Å². The van der Waals surface area contributed by atoms with Crippen LogP contribution in [-0.4, -0.2) is 29.1 Å². The van der Waals surface area contributed by atoms with E-state index in [0.29, 0.717) is 11.8 Å². The summed E-state index contributed by atoms with van der Waals surface area (Å²) in [6.45, 7) is 0. The number of thioether (sulfide) groups is 1. The van der Waals surface area contributed by atoms with E-state index < -0.39 is 19.0 Å². The van der Waals surface area contributed by atoms with Crippen molar-refractivity contribution in [1.29, 1.82) is 0 Å².